The van der Waals surface area contributed by atoms with Gasteiger partial charge < -0.3 is 4.90 Å². The minimum Gasteiger partial charge on any atom is -0.307 e. The lowest BCUT2D eigenvalue weighted by Gasteiger charge is -2.16. The summed E-state index contributed by atoms with van der Waals surface area (Å²) in [5, 5.41) is 0. The SMILES string of the molecule is O=C(c1cc2c(s1)CCC2)N1CCc2ccccc21. The fourth-order valence-corrected chi connectivity index (χ4v) is 4.32. The zero-order valence-corrected chi connectivity index (χ0v) is 11.5. The first-order valence-corrected chi connectivity index (χ1v) is 7.66. The summed E-state index contributed by atoms with van der Waals surface area (Å²) in [5.74, 6) is 0.185. The minimum atomic E-state index is 0.185. The van der Waals surface area contributed by atoms with Gasteiger partial charge in [0.1, 0.15) is 0 Å². The van der Waals surface area contributed by atoms with Crippen LogP contribution in [0.1, 0.15) is 32.1 Å². The Hall–Kier alpha value is -1.61. The van der Waals surface area contributed by atoms with Gasteiger partial charge in [-0.05, 0) is 48.9 Å². The summed E-state index contributed by atoms with van der Waals surface area (Å²) in [6, 6.07) is 10.4. The van der Waals surface area contributed by atoms with Crippen LogP contribution in [0.4, 0.5) is 5.69 Å². The highest BCUT2D eigenvalue weighted by Crippen LogP contribution is 2.34. The van der Waals surface area contributed by atoms with Gasteiger partial charge in [0.05, 0.1) is 4.88 Å². The van der Waals surface area contributed by atoms with Gasteiger partial charge in [-0.3, -0.25) is 4.79 Å². The van der Waals surface area contributed by atoms with Gasteiger partial charge in [0.25, 0.3) is 5.91 Å². The zero-order chi connectivity index (χ0) is 12.8. The van der Waals surface area contributed by atoms with Crippen LogP contribution in [0.25, 0.3) is 0 Å². The van der Waals surface area contributed by atoms with Crippen molar-refractivity contribution in [3.05, 3.63) is 51.2 Å². The molecule has 2 nitrogen and oxygen atoms in total. The van der Waals surface area contributed by atoms with Crippen molar-refractivity contribution in [3.8, 4) is 0 Å². The summed E-state index contributed by atoms with van der Waals surface area (Å²) < 4.78 is 0. The van der Waals surface area contributed by atoms with Crippen LogP contribution in [-0.2, 0) is 19.3 Å². The second-order valence-electron chi connectivity index (χ2n) is 5.25. The Morgan fingerprint density at radius 2 is 2.00 bits per heavy atom. The molecule has 0 fully saturated rings. The Bertz CT molecular complexity index is 637. The number of fused-ring (bicyclic) bond motifs is 2. The largest absolute Gasteiger partial charge is 0.307 e. The molecule has 0 spiro atoms. The van der Waals surface area contributed by atoms with Gasteiger partial charge in [-0.2, -0.15) is 0 Å². The molecule has 1 amide bonds. The highest BCUT2D eigenvalue weighted by atomic mass is 32.1. The maximum atomic E-state index is 12.7. The number of para-hydroxylation sites is 1. The molecule has 96 valence electrons. The molecule has 0 N–H and O–H groups in total. The third kappa shape index (κ3) is 1.72. The van der Waals surface area contributed by atoms with Crippen molar-refractivity contribution in [1.82, 2.24) is 0 Å². The second kappa shape index (κ2) is 4.20. The smallest absolute Gasteiger partial charge is 0.268 e. The first-order valence-electron chi connectivity index (χ1n) is 6.84. The molecule has 0 radical (unpaired) electrons. The summed E-state index contributed by atoms with van der Waals surface area (Å²) in [5.41, 5.74) is 3.79. The van der Waals surface area contributed by atoms with Crippen LogP contribution >= 0.6 is 11.3 Å². The molecule has 2 aromatic rings. The summed E-state index contributed by atoms with van der Waals surface area (Å²) in [6.45, 7) is 0.820. The van der Waals surface area contributed by atoms with Crippen LogP contribution in [0.15, 0.2) is 30.3 Å². The predicted molar refractivity (Wildman–Crippen MR) is 78.2 cm³/mol. The molecule has 0 bridgehead atoms. The third-order valence-electron chi connectivity index (χ3n) is 4.09. The summed E-state index contributed by atoms with van der Waals surface area (Å²) in [7, 11) is 0. The number of aryl methyl sites for hydroxylation is 2. The van der Waals surface area contributed by atoms with Crippen LogP contribution < -0.4 is 4.90 Å². The first-order chi connectivity index (χ1) is 9.33. The van der Waals surface area contributed by atoms with Gasteiger partial charge >= 0.3 is 0 Å². The van der Waals surface area contributed by atoms with E-state index < -0.39 is 0 Å². The number of hydrogen-bond donors (Lipinski definition) is 0. The number of hydrogen-bond acceptors (Lipinski definition) is 2. The molecule has 1 aliphatic heterocycles. The molecule has 1 aromatic carbocycles. The normalized spacial score (nSPS) is 16.5. The van der Waals surface area contributed by atoms with E-state index in [0.717, 1.165) is 36.4 Å². The van der Waals surface area contributed by atoms with Gasteiger partial charge in [-0.25, -0.2) is 0 Å². The number of amides is 1. The Labute approximate surface area is 116 Å². The minimum absolute atomic E-state index is 0.185. The number of thiophene rings is 1. The van der Waals surface area contributed by atoms with Crippen molar-refractivity contribution >= 4 is 22.9 Å². The summed E-state index contributed by atoms with van der Waals surface area (Å²) in [6.07, 6.45) is 4.54. The van der Waals surface area contributed by atoms with E-state index in [-0.39, 0.29) is 5.91 Å². The molecule has 1 aromatic heterocycles. The third-order valence-corrected chi connectivity index (χ3v) is 5.31. The van der Waals surface area contributed by atoms with E-state index in [2.05, 4.69) is 18.2 Å². The fourth-order valence-electron chi connectivity index (χ4n) is 3.12. The van der Waals surface area contributed by atoms with Gasteiger partial charge in [-0.15, -0.1) is 11.3 Å². The van der Waals surface area contributed by atoms with E-state index in [9.17, 15) is 4.79 Å². The zero-order valence-electron chi connectivity index (χ0n) is 10.7. The number of carbonyl (C=O) groups excluding carboxylic acids is 1. The average molecular weight is 269 g/mol. The molecule has 2 heterocycles. The lowest BCUT2D eigenvalue weighted by Crippen LogP contribution is -2.28. The standard InChI is InChI=1S/C16H15NOS/c18-16(15-10-12-5-3-7-14(12)19-15)17-9-8-11-4-1-2-6-13(11)17/h1-2,4,6,10H,3,5,7-9H2. The number of benzene rings is 1. The van der Waals surface area contributed by atoms with Gasteiger partial charge in [0, 0.05) is 17.1 Å². The summed E-state index contributed by atoms with van der Waals surface area (Å²) in [4.78, 5) is 16.9. The average Bonchev–Trinajstić information content (AvgIpc) is 3.11. The Kier molecular flexibility index (Phi) is 2.49. The van der Waals surface area contributed by atoms with Gasteiger partial charge in [0.2, 0.25) is 0 Å². The van der Waals surface area contributed by atoms with Gasteiger partial charge in [-0.1, -0.05) is 18.2 Å². The highest BCUT2D eigenvalue weighted by molar-refractivity contribution is 7.14. The summed E-state index contributed by atoms with van der Waals surface area (Å²) >= 11 is 1.70. The van der Waals surface area contributed by atoms with Crippen LogP contribution in [0.3, 0.4) is 0 Å². The van der Waals surface area contributed by atoms with E-state index >= 15 is 0 Å². The molecule has 0 unspecified atom stereocenters. The fraction of sp³-hybridized carbons (Fsp3) is 0.312. The maximum Gasteiger partial charge on any atom is 0.268 e. The van der Waals surface area contributed by atoms with Gasteiger partial charge in [0.15, 0.2) is 0 Å². The molecule has 1 aliphatic carbocycles. The van der Waals surface area contributed by atoms with Crippen molar-refractivity contribution in [3.63, 3.8) is 0 Å². The molecular formula is C16H15NOS. The first kappa shape index (κ1) is 11.2. The number of anilines is 1. The molecule has 0 saturated carbocycles. The van der Waals surface area contributed by atoms with Crippen molar-refractivity contribution in [2.24, 2.45) is 0 Å². The van der Waals surface area contributed by atoms with E-state index in [4.69, 9.17) is 0 Å². The van der Waals surface area contributed by atoms with Crippen LogP contribution in [0, 0.1) is 0 Å². The van der Waals surface area contributed by atoms with Crippen molar-refractivity contribution in [2.45, 2.75) is 25.7 Å². The quantitative estimate of drug-likeness (QED) is 0.776. The molecule has 3 heteroatoms. The van der Waals surface area contributed by atoms with Crippen LogP contribution in [-0.4, -0.2) is 12.5 Å². The molecular weight excluding hydrogens is 254 g/mol. The second-order valence-corrected chi connectivity index (χ2v) is 6.38. The Morgan fingerprint density at radius 3 is 2.89 bits per heavy atom. The van der Waals surface area contributed by atoms with Crippen molar-refractivity contribution in [1.29, 1.82) is 0 Å². The van der Waals surface area contributed by atoms with Crippen LogP contribution in [0.2, 0.25) is 0 Å². The van der Waals surface area contributed by atoms with E-state index in [1.807, 2.05) is 17.0 Å². The topological polar surface area (TPSA) is 20.3 Å². The highest BCUT2D eigenvalue weighted by Gasteiger charge is 2.27. The molecule has 2 aliphatic rings. The van der Waals surface area contributed by atoms with Crippen LogP contribution in [0.5, 0.6) is 0 Å². The number of rotatable bonds is 1. The molecule has 19 heavy (non-hydrogen) atoms. The monoisotopic (exact) mass is 269 g/mol. The van der Waals surface area contributed by atoms with Crippen molar-refractivity contribution in [2.75, 3.05) is 11.4 Å². The molecule has 0 atom stereocenters. The van der Waals surface area contributed by atoms with E-state index in [1.165, 1.54) is 22.4 Å². The predicted octanol–water partition coefficient (Wildman–Crippen LogP) is 3.44. The Balaban J connectivity index is 1.68. The molecule has 0 saturated heterocycles. The van der Waals surface area contributed by atoms with E-state index in [1.54, 1.807) is 11.3 Å². The Morgan fingerprint density at radius 1 is 1.11 bits per heavy atom. The maximum absolute atomic E-state index is 12.7. The number of nitrogens with zero attached hydrogens (tertiary/aromatic N) is 1. The van der Waals surface area contributed by atoms with E-state index in [0.29, 0.717) is 0 Å². The number of carbonyl (C=O) groups is 1. The lowest BCUT2D eigenvalue weighted by atomic mass is 10.2. The lowest BCUT2D eigenvalue weighted by molar-refractivity contribution is 0.0993. The molecule has 4 rings (SSSR count). The van der Waals surface area contributed by atoms with Crippen molar-refractivity contribution < 1.29 is 4.79 Å².